The quantitative estimate of drug-likeness (QED) is 0.816. The van der Waals surface area contributed by atoms with E-state index in [2.05, 4.69) is 4.98 Å². The second-order valence-electron chi connectivity index (χ2n) is 3.37. The van der Waals surface area contributed by atoms with E-state index in [1.807, 2.05) is 25.3 Å². The summed E-state index contributed by atoms with van der Waals surface area (Å²) in [6, 6.07) is 5.61. The van der Waals surface area contributed by atoms with Gasteiger partial charge in [0.15, 0.2) is 0 Å². The number of nitrogens with zero attached hydrogens (tertiary/aromatic N) is 1. The van der Waals surface area contributed by atoms with Gasteiger partial charge in [-0.1, -0.05) is 17.7 Å². The fourth-order valence-corrected chi connectivity index (χ4v) is 2.40. The third kappa shape index (κ3) is 2.49. The highest BCUT2D eigenvalue weighted by Gasteiger charge is 2.04. The van der Waals surface area contributed by atoms with Crippen LogP contribution in [0.2, 0.25) is 5.02 Å². The molecule has 15 heavy (non-hydrogen) atoms. The largest absolute Gasteiger partial charge is 0.398 e. The van der Waals surface area contributed by atoms with E-state index >= 15 is 0 Å². The van der Waals surface area contributed by atoms with Crippen LogP contribution in [0.1, 0.15) is 15.4 Å². The number of halogens is 1. The van der Waals surface area contributed by atoms with Gasteiger partial charge in [-0.3, -0.25) is 0 Å². The average Bonchev–Trinajstić information content (AvgIpc) is 2.56. The van der Waals surface area contributed by atoms with E-state index in [1.54, 1.807) is 17.4 Å². The van der Waals surface area contributed by atoms with E-state index in [-0.39, 0.29) is 0 Å². The lowest BCUT2D eigenvalue weighted by Gasteiger charge is -2.03. The van der Waals surface area contributed by atoms with Crippen LogP contribution in [0.3, 0.4) is 0 Å². The molecule has 0 saturated heterocycles. The molecule has 0 aliphatic rings. The third-order valence-electron chi connectivity index (χ3n) is 2.14. The van der Waals surface area contributed by atoms with Crippen LogP contribution in [0.4, 0.5) is 5.69 Å². The van der Waals surface area contributed by atoms with Crippen molar-refractivity contribution in [3.63, 3.8) is 0 Å². The maximum absolute atomic E-state index is 5.88. The van der Waals surface area contributed by atoms with Crippen molar-refractivity contribution in [3.8, 4) is 0 Å². The normalized spacial score (nSPS) is 10.5. The SMILES string of the molecule is Cc1ncc(Cc2ccc(Cl)cc2N)s1. The Morgan fingerprint density at radius 2 is 2.27 bits per heavy atom. The Hall–Kier alpha value is -1.06. The number of benzene rings is 1. The lowest BCUT2D eigenvalue weighted by atomic mass is 10.1. The number of nitrogens with two attached hydrogens (primary N) is 1. The van der Waals surface area contributed by atoms with Crippen molar-refractivity contribution in [1.29, 1.82) is 0 Å². The van der Waals surface area contributed by atoms with Gasteiger partial charge >= 0.3 is 0 Å². The molecule has 1 heterocycles. The fraction of sp³-hybridized carbons (Fsp3) is 0.182. The molecule has 4 heteroatoms. The molecule has 2 N–H and O–H groups in total. The third-order valence-corrected chi connectivity index (χ3v) is 3.29. The first-order chi connectivity index (χ1) is 7.15. The van der Waals surface area contributed by atoms with Crippen LogP contribution in [-0.4, -0.2) is 4.98 Å². The van der Waals surface area contributed by atoms with Crippen molar-refractivity contribution in [1.82, 2.24) is 4.98 Å². The molecule has 0 bridgehead atoms. The van der Waals surface area contributed by atoms with Gasteiger partial charge < -0.3 is 5.73 Å². The summed E-state index contributed by atoms with van der Waals surface area (Å²) in [5.74, 6) is 0. The Kier molecular flexibility index (Phi) is 2.93. The van der Waals surface area contributed by atoms with Gasteiger partial charge in [0.1, 0.15) is 0 Å². The van der Waals surface area contributed by atoms with Crippen LogP contribution in [0.15, 0.2) is 24.4 Å². The Morgan fingerprint density at radius 1 is 1.47 bits per heavy atom. The van der Waals surface area contributed by atoms with E-state index in [1.165, 1.54) is 4.88 Å². The molecule has 2 nitrogen and oxygen atoms in total. The molecule has 2 aromatic rings. The zero-order valence-electron chi connectivity index (χ0n) is 8.33. The monoisotopic (exact) mass is 238 g/mol. The summed E-state index contributed by atoms with van der Waals surface area (Å²) in [6.45, 7) is 2.00. The van der Waals surface area contributed by atoms with Crippen molar-refractivity contribution in [2.45, 2.75) is 13.3 Å². The molecular weight excluding hydrogens is 228 g/mol. The number of hydrogen-bond acceptors (Lipinski definition) is 3. The van der Waals surface area contributed by atoms with Gasteiger partial charge in [-0.2, -0.15) is 0 Å². The molecule has 0 aliphatic heterocycles. The molecule has 0 fully saturated rings. The zero-order chi connectivity index (χ0) is 10.8. The predicted molar refractivity (Wildman–Crippen MR) is 65.5 cm³/mol. The fourth-order valence-electron chi connectivity index (χ4n) is 1.40. The van der Waals surface area contributed by atoms with Crippen LogP contribution in [0, 0.1) is 6.92 Å². The van der Waals surface area contributed by atoms with Crippen molar-refractivity contribution >= 4 is 28.6 Å². The van der Waals surface area contributed by atoms with Gasteiger partial charge in [-0.25, -0.2) is 4.98 Å². The zero-order valence-corrected chi connectivity index (χ0v) is 9.90. The van der Waals surface area contributed by atoms with E-state index in [4.69, 9.17) is 17.3 Å². The standard InChI is InChI=1S/C11H11ClN2S/c1-7-14-6-10(15-7)4-8-2-3-9(12)5-11(8)13/h2-3,5-6H,4,13H2,1H3. The average molecular weight is 239 g/mol. The molecular formula is C11H11ClN2S. The van der Waals surface area contributed by atoms with Crippen LogP contribution < -0.4 is 5.73 Å². The smallest absolute Gasteiger partial charge is 0.0896 e. The molecule has 0 spiro atoms. The maximum Gasteiger partial charge on any atom is 0.0896 e. The lowest BCUT2D eigenvalue weighted by Crippen LogP contribution is -1.94. The number of anilines is 1. The summed E-state index contributed by atoms with van der Waals surface area (Å²) >= 11 is 7.53. The summed E-state index contributed by atoms with van der Waals surface area (Å²) in [6.07, 6.45) is 2.72. The number of hydrogen-bond donors (Lipinski definition) is 1. The van der Waals surface area contributed by atoms with Crippen LogP contribution in [0.5, 0.6) is 0 Å². The van der Waals surface area contributed by atoms with Crippen molar-refractivity contribution in [2.75, 3.05) is 5.73 Å². The molecule has 0 unspecified atom stereocenters. The molecule has 0 amide bonds. The summed E-state index contributed by atoms with van der Waals surface area (Å²) < 4.78 is 0. The topological polar surface area (TPSA) is 38.9 Å². The summed E-state index contributed by atoms with van der Waals surface area (Å²) in [5.41, 5.74) is 7.72. The second kappa shape index (κ2) is 4.21. The van der Waals surface area contributed by atoms with Crippen molar-refractivity contribution in [3.05, 3.63) is 44.9 Å². The molecule has 2 rings (SSSR count). The summed E-state index contributed by atoms with van der Waals surface area (Å²) in [5, 5.41) is 1.76. The minimum Gasteiger partial charge on any atom is -0.398 e. The molecule has 0 saturated carbocycles. The number of nitrogen functional groups attached to an aromatic ring is 1. The molecule has 0 atom stereocenters. The highest BCUT2D eigenvalue weighted by Crippen LogP contribution is 2.23. The first kappa shape index (κ1) is 10.5. The Morgan fingerprint density at radius 3 is 2.87 bits per heavy atom. The lowest BCUT2D eigenvalue weighted by molar-refractivity contribution is 1.21. The van der Waals surface area contributed by atoms with E-state index in [0.717, 1.165) is 22.7 Å². The molecule has 0 radical (unpaired) electrons. The minimum absolute atomic E-state index is 0.678. The first-order valence-electron chi connectivity index (χ1n) is 4.60. The van der Waals surface area contributed by atoms with E-state index in [0.29, 0.717) is 5.02 Å². The van der Waals surface area contributed by atoms with E-state index in [9.17, 15) is 0 Å². The molecule has 1 aromatic carbocycles. The highest BCUT2D eigenvalue weighted by molar-refractivity contribution is 7.11. The van der Waals surface area contributed by atoms with Crippen LogP contribution in [-0.2, 0) is 6.42 Å². The van der Waals surface area contributed by atoms with Crippen LogP contribution in [0.25, 0.3) is 0 Å². The molecule has 1 aromatic heterocycles. The number of aromatic nitrogens is 1. The molecule has 0 aliphatic carbocycles. The Bertz CT molecular complexity index is 479. The number of aryl methyl sites for hydroxylation is 1. The maximum atomic E-state index is 5.88. The van der Waals surface area contributed by atoms with Gasteiger partial charge in [0.2, 0.25) is 0 Å². The van der Waals surface area contributed by atoms with E-state index < -0.39 is 0 Å². The second-order valence-corrected chi connectivity index (χ2v) is 5.12. The summed E-state index contributed by atoms with van der Waals surface area (Å²) in [4.78, 5) is 5.44. The van der Waals surface area contributed by atoms with Crippen molar-refractivity contribution in [2.24, 2.45) is 0 Å². The van der Waals surface area contributed by atoms with Crippen molar-refractivity contribution < 1.29 is 0 Å². The highest BCUT2D eigenvalue weighted by atomic mass is 35.5. The summed E-state index contributed by atoms with van der Waals surface area (Å²) in [7, 11) is 0. The number of rotatable bonds is 2. The van der Waals surface area contributed by atoms with Gasteiger partial charge in [-0.15, -0.1) is 11.3 Å². The number of thiazole rings is 1. The molecule has 78 valence electrons. The first-order valence-corrected chi connectivity index (χ1v) is 5.80. The van der Waals surface area contributed by atoms with Gasteiger partial charge in [0.25, 0.3) is 0 Å². The predicted octanol–water partition coefficient (Wildman–Crippen LogP) is 3.28. The van der Waals surface area contributed by atoms with Gasteiger partial charge in [-0.05, 0) is 24.6 Å². The van der Waals surface area contributed by atoms with Gasteiger partial charge in [0, 0.05) is 28.2 Å². The minimum atomic E-state index is 0.678. The Labute approximate surface area is 97.7 Å². The van der Waals surface area contributed by atoms with Crippen LogP contribution >= 0.6 is 22.9 Å². The van der Waals surface area contributed by atoms with Gasteiger partial charge in [0.05, 0.1) is 5.01 Å². The Balaban J connectivity index is 2.24.